The molecule has 7 nitrogen and oxygen atoms in total. The minimum absolute atomic E-state index is 0.140. The number of rotatable bonds is 5. The highest BCUT2D eigenvalue weighted by molar-refractivity contribution is 6.09. The lowest BCUT2D eigenvalue weighted by Gasteiger charge is -2.25. The molecule has 4 rings (SSSR count). The van der Waals surface area contributed by atoms with E-state index in [4.69, 9.17) is 4.74 Å². The van der Waals surface area contributed by atoms with Crippen LogP contribution in [-0.4, -0.2) is 35.4 Å². The van der Waals surface area contributed by atoms with Gasteiger partial charge in [0, 0.05) is 34.6 Å². The molecule has 0 aliphatic carbocycles. The summed E-state index contributed by atoms with van der Waals surface area (Å²) in [6.07, 6.45) is -0.968. The van der Waals surface area contributed by atoms with Gasteiger partial charge >= 0.3 is 0 Å². The first kappa shape index (κ1) is 22.3. The topological polar surface area (TPSA) is 84.4 Å². The average molecular weight is 452 g/mol. The van der Waals surface area contributed by atoms with Gasteiger partial charge in [-0.3, -0.25) is 14.6 Å². The van der Waals surface area contributed by atoms with E-state index < -0.39 is 18.3 Å². The van der Waals surface area contributed by atoms with Crippen molar-refractivity contribution in [2.75, 3.05) is 23.9 Å². The maximum absolute atomic E-state index is 13.5. The van der Waals surface area contributed by atoms with E-state index in [0.29, 0.717) is 34.2 Å². The lowest BCUT2D eigenvalue weighted by Crippen LogP contribution is -2.40. The lowest BCUT2D eigenvalue weighted by molar-refractivity contribution is -0.122. The quantitative estimate of drug-likeness (QED) is 0.617. The van der Waals surface area contributed by atoms with Crippen LogP contribution in [0.25, 0.3) is 11.1 Å². The Hall–Kier alpha value is -3.88. The van der Waals surface area contributed by atoms with E-state index in [1.165, 1.54) is 36.3 Å². The summed E-state index contributed by atoms with van der Waals surface area (Å²) in [4.78, 5) is 36.6. The molecule has 1 aromatic carbocycles. The van der Waals surface area contributed by atoms with Crippen LogP contribution in [-0.2, 0) is 9.59 Å². The Morgan fingerprint density at radius 3 is 2.64 bits per heavy atom. The Labute approximate surface area is 189 Å². The number of nitrogens with one attached hydrogen (secondary N) is 1. The fourth-order valence-corrected chi connectivity index (χ4v) is 3.94. The number of methoxy groups -OCH3 is 1. The summed E-state index contributed by atoms with van der Waals surface area (Å²) in [5, 5.41) is 2.67. The largest absolute Gasteiger partial charge is 0.481 e. The summed E-state index contributed by atoms with van der Waals surface area (Å²) < 4.78 is 30.9. The lowest BCUT2D eigenvalue weighted by atomic mass is 9.96. The Bertz CT molecular complexity index is 1210. The Kier molecular flexibility index (Phi) is 6.04. The number of nitrogens with zero attached hydrogens (tertiary/aromatic N) is 3. The molecule has 2 aromatic heterocycles. The second kappa shape index (κ2) is 8.93. The van der Waals surface area contributed by atoms with Crippen molar-refractivity contribution >= 4 is 23.2 Å². The van der Waals surface area contributed by atoms with Crippen LogP contribution in [0, 0.1) is 6.92 Å². The van der Waals surface area contributed by atoms with Crippen molar-refractivity contribution < 1.29 is 23.1 Å². The Balaban J connectivity index is 1.71. The number of carbonyl (C=O) groups excluding carboxylic acids is 2. The zero-order valence-corrected chi connectivity index (χ0v) is 18.3. The first-order valence-electron chi connectivity index (χ1n) is 10.3. The molecule has 1 N–H and O–H groups in total. The molecular weight excluding hydrogens is 430 g/mol. The molecular formula is C24H22F2N4O3. The number of aromatic nitrogens is 2. The number of halogens is 2. The maximum Gasteiger partial charge on any atom is 0.263 e. The van der Waals surface area contributed by atoms with Gasteiger partial charge in [0.25, 0.3) is 6.43 Å². The number of alkyl halides is 2. The van der Waals surface area contributed by atoms with Gasteiger partial charge < -0.3 is 15.0 Å². The zero-order valence-electron chi connectivity index (χ0n) is 18.3. The van der Waals surface area contributed by atoms with Crippen LogP contribution in [0.3, 0.4) is 0 Å². The van der Waals surface area contributed by atoms with Gasteiger partial charge in [0.2, 0.25) is 17.7 Å². The van der Waals surface area contributed by atoms with Gasteiger partial charge in [-0.1, -0.05) is 18.2 Å². The summed E-state index contributed by atoms with van der Waals surface area (Å²) in [5.41, 5.74) is 3.41. The van der Waals surface area contributed by atoms with E-state index in [1.54, 1.807) is 32.2 Å². The van der Waals surface area contributed by atoms with Gasteiger partial charge in [-0.05, 0) is 32.0 Å². The Morgan fingerprint density at radius 2 is 1.97 bits per heavy atom. The van der Waals surface area contributed by atoms with Gasteiger partial charge in [-0.25, -0.2) is 13.8 Å². The van der Waals surface area contributed by atoms with Gasteiger partial charge in [-0.2, -0.15) is 0 Å². The monoisotopic (exact) mass is 452 g/mol. The molecule has 0 saturated heterocycles. The van der Waals surface area contributed by atoms with Crippen molar-refractivity contribution in [3.63, 3.8) is 0 Å². The van der Waals surface area contributed by atoms with E-state index in [9.17, 15) is 18.4 Å². The summed E-state index contributed by atoms with van der Waals surface area (Å²) in [6, 6.07) is 10.6. The third kappa shape index (κ3) is 4.26. The summed E-state index contributed by atoms with van der Waals surface area (Å²) in [5.74, 6) is -1.06. The number of hydrogen-bond acceptors (Lipinski definition) is 5. The van der Waals surface area contributed by atoms with Crippen LogP contribution in [0.4, 0.5) is 20.2 Å². The number of aryl methyl sites for hydroxylation is 1. The van der Waals surface area contributed by atoms with E-state index >= 15 is 0 Å². The van der Waals surface area contributed by atoms with E-state index in [1.807, 2.05) is 6.07 Å². The van der Waals surface area contributed by atoms with Crippen molar-refractivity contribution in [1.82, 2.24) is 9.97 Å². The standard InChI is InChI=1S/C24H22F2N4O3/c1-13-22-17(5-4-10-27-22)21-14(2)28-20(33-3)11-18(21)30(24(13)32)12-19(31)29-16-8-6-15(7-9-16)23(25)26/h4-11,13,23H,12H2,1-3H3,(H,29,31)/t13-/m1/s1. The number of amides is 2. The molecule has 3 heterocycles. The van der Waals surface area contributed by atoms with Crippen molar-refractivity contribution in [2.45, 2.75) is 26.2 Å². The maximum atomic E-state index is 13.5. The number of pyridine rings is 2. The molecule has 0 unspecified atom stereocenters. The van der Waals surface area contributed by atoms with Crippen LogP contribution >= 0.6 is 0 Å². The molecule has 33 heavy (non-hydrogen) atoms. The van der Waals surface area contributed by atoms with Gasteiger partial charge in [0.15, 0.2) is 0 Å². The summed E-state index contributed by atoms with van der Waals surface area (Å²) >= 11 is 0. The molecule has 1 aliphatic rings. The highest BCUT2D eigenvalue weighted by Crippen LogP contribution is 2.42. The molecule has 3 aromatic rings. The summed E-state index contributed by atoms with van der Waals surface area (Å²) in [6.45, 7) is 3.27. The van der Waals surface area contributed by atoms with Gasteiger partial charge in [0.05, 0.1) is 30.1 Å². The smallest absolute Gasteiger partial charge is 0.263 e. The van der Waals surface area contributed by atoms with Crippen LogP contribution < -0.4 is 15.0 Å². The van der Waals surface area contributed by atoms with E-state index in [0.717, 1.165) is 5.56 Å². The van der Waals surface area contributed by atoms with Crippen molar-refractivity contribution in [3.05, 3.63) is 65.6 Å². The first-order chi connectivity index (χ1) is 15.8. The van der Waals surface area contributed by atoms with Crippen LogP contribution in [0.15, 0.2) is 48.7 Å². The minimum Gasteiger partial charge on any atom is -0.481 e. The summed E-state index contributed by atoms with van der Waals surface area (Å²) in [7, 11) is 1.48. The molecule has 2 amide bonds. The highest BCUT2D eigenvalue weighted by atomic mass is 19.3. The van der Waals surface area contributed by atoms with Crippen molar-refractivity contribution in [3.8, 4) is 17.0 Å². The zero-order chi connectivity index (χ0) is 23.7. The third-order valence-corrected chi connectivity index (χ3v) is 5.56. The second-order valence-electron chi connectivity index (χ2n) is 7.70. The van der Waals surface area contributed by atoms with Crippen LogP contribution in [0.5, 0.6) is 5.88 Å². The number of carbonyl (C=O) groups is 2. The molecule has 1 aliphatic heterocycles. The molecule has 170 valence electrons. The number of fused-ring (bicyclic) bond motifs is 3. The predicted molar refractivity (Wildman–Crippen MR) is 120 cm³/mol. The van der Waals surface area contributed by atoms with Gasteiger partial charge in [0.1, 0.15) is 6.54 Å². The fraction of sp³-hybridized carbons (Fsp3) is 0.250. The number of hydrogen-bond donors (Lipinski definition) is 1. The average Bonchev–Trinajstić information content (AvgIpc) is 2.89. The van der Waals surface area contributed by atoms with Crippen LogP contribution in [0.2, 0.25) is 0 Å². The van der Waals surface area contributed by atoms with E-state index in [-0.39, 0.29) is 18.0 Å². The van der Waals surface area contributed by atoms with Crippen molar-refractivity contribution in [1.29, 1.82) is 0 Å². The molecule has 0 saturated carbocycles. The first-order valence-corrected chi connectivity index (χ1v) is 10.3. The fourth-order valence-electron chi connectivity index (χ4n) is 3.94. The molecule has 0 fully saturated rings. The molecule has 0 bridgehead atoms. The third-order valence-electron chi connectivity index (χ3n) is 5.56. The Morgan fingerprint density at radius 1 is 1.24 bits per heavy atom. The molecule has 9 heteroatoms. The number of benzene rings is 1. The normalized spacial score (nSPS) is 15.0. The van der Waals surface area contributed by atoms with Gasteiger partial charge in [-0.15, -0.1) is 0 Å². The van der Waals surface area contributed by atoms with Crippen molar-refractivity contribution in [2.24, 2.45) is 0 Å². The van der Waals surface area contributed by atoms with E-state index in [2.05, 4.69) is 15.3 Å². The number of ether oxygens (including phenoxy) is 1. The van der Waals surface area contributed by atoms with Crippen LogP contribution in [0.1, 0.15) is 36.2 Å². The second-order valence-corrected chi connectivity index (χ2v) is 7.70. The number of anilines is 2. The molecule has 0 spiro atoms. The SMILES string of the molecule is COc1cc2c(c(C)n1)-c1cccnc1[C@@H](C)C(=O)N2CC(=O)Nc1ccc(C(F)F)cc1. The molecule has 0 radical (unpaired) electrons. The highest BCUT2D eigenvalue weighted by Gasteiger charge is 2.35. The minimum atomic E-state index is -2.59. The predicted octanol–water partition coefficient (Wildman–Crippen LogP) is 4.49. The molecule has 1 atom stereocenters.